The number of rotatable bonds is 6. The highest BCUT2D eigenvalue weighted by atomic mass is 16.5. The van der Waals surface area contributed by atoms with Gasteiger partial charge in [0.2, 0.25) is 0 Å². The van der Waals surface area contributed by atoms with E-state index < -0.39 is 6.10 Å². The van der Waals surface area contributed by atoms with Gasteiger partial charge < -0.3 is 10.1 Å². The first-order chi connectivity index (χ1) is 13.8. The van der Waals surface area contributed by atoms with E-state index in [-0.39, 0.29) is 17.4 Å². The van der Waals surface area contributed by atoms with Crippen LogP contribution in [0.5, 0.6) is 5.75 Å². The lowest BCUT2D eigenvalue weighted by Crippen LogP contribution is -2.39. The number of aryl methyl sites for hydroxylation is 2. The Hall–Kier alpha value is -2.29. The number of hydrogen-bond acceptors (Lipinski definition) is 2. The number of benzene rings is 2. The molecule has 2 aromatic rings. The van der Waals surface area contributed by atoms with Crippen LogP contribution in [0.4, 0.5) is 0 Å². The van der Waals surface area contributed by atoms with Gasteiger partial charge in [0, 0.05) is 0 Å². The summed E-state index contributed by atoms with van der Waals surface area (Å²) in [6.07, 6.45) is 5.01. The van der Waals surface area contributed by atoms with E-state index in [9.17, 15) is 4.79 Å². The molecule has 2 aromatic carbocycles. The van der Waals surface area contributed by atoms with Crippen molar-refractivity contribution in [2.75, 3.05) is 0 Å². The molecule has 1 aliphatic rings. The summed E-state index contributed by atoms with van der Waals surface area (Å²) < 4.78 is 6.01. The minimum Gasteiger partial charge on any atom is -0.481 e. The maximum atomic E-state index is 12.8. The van der Waals surface area contributed by atoms with Gasteiger partial charge in [-0.1, -0.05) is 58.0 Å². The first-order valence-corrected chi connectivity index (χ1v) is 11.0. The smallest absolute Gasteiger partial charge is 0.261 e. The van der Waals surface area contributed by atoms with Crippen LogP contribution in [0.25, 0.3) is 0 Å². The molecule has 156 valence electrons. The summed E-state index contributed by atoms with van der Waals surface area (Å²) in [5.74, 6) is 0.680. The van der Waals surface area contributed by atoms with Gasteiger partial charge in [0.1, 0.15) is 5.75 Å². The number of ether oxygens (including phenoxy) is 1. The van der Waals surface area contributed by atoms with Crippen molar-refractivity contribution in [3.05, 3.63) is 64.7 Å². The number of carbonyl (C=O) groups is 1. The second-order valence-electron chi connectivity index (χ2n) is 9.25. The van der Waals surface area contributed by atoms with Gasteiger partial charge in [0.05, 0.1) is 6.04 Å². The van der Waals surface area contributed by atoms with E-state index in [1.807, 2.05) is 26.0 Å². The van der Waals surface area contributed by atoms with Crippen LogP contribution in [-0.2, 0) is 23.1 Å². The summed E-state index contributed by atoms with van der Waals surface area (Å²) in [4.78, 5) is 12.8. The minimum absolute atomic E-state index is 0.0318. The zero-order valence-corrected chi connectivity index (χ0v) is 18.5. The van der Waals surface area contributed by atoms with Crippen molar-refractivity contribution < 1.29 is 9.53 Å². The molecule has 3 rings (SSSR count). The second-order valence-corrected chi connectivity index (χ2v) is 9.25. The van der Waals surface area contributed by atoms with Crippen LogP contribution < -0.4 is 10.1 Å². The Morgan fingerprint density at radius 2 is 1.69 bits per heavy atom. The fraction of sp³-hybridized carbons (Fsp3) is 0.500. The molecule has 0 aliphatic heterocycles. The molecule has 0 heterocycles. The summed E-state index contributed by atoms with van der Waals surface area (Å²) in [5.41, 5.74) is 5.43. The standard InChI is InChI=1S/C26H35NO2/c1-6-24(29-23-15-13-22(14-16-23)26(3,4)5)25(28)27-18(2)20-12-11-19-9-7-8-10-21(19)17-20/h11-18,24H,6-10H2,1-5H3,(H,27,28)/t18-,24+/m0/s1. The van der Waals surface area contributed by atoms with Crippen molar-refractivity contribution in [2.24, 2.45) is 0 Å². The second kappa shape index (κ2) is 9.02. The fourth-order valence-electron chi connectivity index (χ4n) is 3.93. The molecule has 0 fully saturated rings. The molecule has 0 radical (unpaired) electrons. The molecule has 0 bridgehead atoms. The molecular weight excluding hydrogens is 358 g/mol. The number of amides is 1. The van der Waals surface area contributed by atoms with Crippen molar-refractivity contribution in [1.82, 2.24) is 5.32 Å². The number of carbonyl (C=O) groups excluding carboxylic acids is 1. The molecular formula is C26H35NO2. The molecule has 0 aromatic heterocycles. The molecule has 1 amide bonds. The van der Waals surface area contributed by atoms with Crippen LogP contribution in [-0.4, -0.2) is 12.0 Å². The summed E-state index contributed by atoms with van der Waals surface area (Å²) in [7, 11) is 0. The van der Waals surface area contributed by atoms with Gasteiger partial charge >= 0.3 is 0 Å². The zero-order valence-electron chi connectivity index (χ0n) is 18.5. The van der Waals surface area contributed by atoms with E-state index in [1.54, 1.807) is 0 Å². The van der Waals surface area contributed by atoms with Gasteiger partial charge in [-0.15, -0.1) is 0 Å². The SMILES string of the molecule is CC[C@@H](Oc1ccc(C(C)(C)C)cc1)C(=O)N[C@@H](C)c1ccc2c(c1)CCCC2. The molecule has 2 atom stereocenters. The van der Waals surface area contributed by atoms with Crippen molar-refractivity contribution in [3.63, 3.8) is 0 Å². The van der Waals surface area contributed by atoms with Crippen LogP contribution in [0.15, 0.2) is 42.5 Å². The van der Waals surface area contributed by atoms with Crippen molar-refractivity contribution >= 4 is 5.91 Å². The lowest BCUT2D eigenvalue weighted by atomic mass is 9.87. The van der Waals surface area contributed by atoms with E-state index in [0.717, 1.165) is 12.2 Å². The van der Waals surface area contributed by atoms with Gasteiger partial charge in [0.25, 0.3) is 5.91 Å². The van der Waals surface area contributed by atoms with Crippen LogP contribution in [0.1, 0.15) is 82.2 Å². The summed E-state index contributed by atoms with van der Waals surface area (Å²) in [6.45, 7) is 10.6. The Kier molecular flexibility index (Phi) is 6.66. The number of fused-ring (bicyclic) bond motifs is 1. The summed E-state index contributed by atoms with van der Waals surface area (Å²) in [5, 5.41) is 3.15. The first kappa shape index (κ1) is 21.4. The Labute approximate surface area is 175 Å². The van der Waals surface area contributed by atoms with Crippen molar-refractivity contribution in [1.29, 1.82) is 0 Å². The van der Waals surface area contributed by atoms with Crippen molar-refractivity contribution in [2.45, 2.75) is 84.3 Å². The van der Waals surface area contributed by atoms with E-state index in [1.165, 1.54) is 41.5 Å². The predicted molar refractivity (Wildman–Crippen MR) is 119 cm³/mol. The highest BCUT2D eigenvalue weighted by molar-refractivity contribution is 5.81. The molecule has 1 aliphatic carbocycles. The van der Waals surface area contributed by atoms with Crippen LogP contribution in [0, 0.1) is 0 Å². The molecule has 0 unspecified atom stereocenters. The number of nitrogens with one attached hydrogen (secondary N) is 1. The lowest BCUT2D eigenvalue weighted by molar-refractivity contribution is -0.128. The van der Waals surface area contributed by atoms with Crippen LogP contribution >= 0.6 is 0 Å². The topological polar surface area (TPSA) is 38.3 Å². The van der Waals surface area contributed by atoms with E-state index in [4.69, 9.17) is 4.74 Å². The zero-order chi connectivity index (χ0) is 21.0. The van der Waals surface area contributed by atoms with Crippen LogP contribution in [0.3, 0.4) is 0 Å². The van der Waals surface area contributed by atoms with Crippen LogP contribution in [0.2, 0.25) is 0 Å². The van der Waals surface area contributed by atoms with Crippen molar-refractivity contribution in [3.8, 4) is 5.75 Å². The monoisotopic (exact) mass is 393 g/mol. The van der Waals surface area contributed by atoms with Gasteiger partial charge in [-0.2, -0.15) is 0 Å². The predicted octanol–water partition coefficient (Wildman–Crippen LogP) is 5.90. The van der Waals surface area contributed by atoms with Gasteiger partial charge in [-0.25, -0.2) is 0 Å². The lowest BCUT2D eigenvalue weighted by Gasteiger charge is -2.23. The minimum atomic E-state index is -0.490. The van der Waals surface area contributed by atoms with Gasteiger partial charge in [-0.05, 0) is 78.8 Å². The summed E-state index contributed by atoms with van der Waals surface area (Å²) in [6, 6.07) is 14.7. The molecule has 29 heavy (non-hydrogen) atoms. The molecule has 1 N–H and O–H groups in total. The highest BCUT2D eigenvalue weighted by Gasteiger charge is 2.22. The molecule has 0 spiro atoms. The Balaban J connectivity index is 1.63. The normalized spacial score (nSPS) is 15.9. The average molecular weight is 394 g/mol. The Bertz CT molecular complexity index is 833. The summed E-state index contributed by atoms with van der Waals surface area (Å²) >= 11 is 0. The third-order valence-corrected chi connectivity index (χ3v) is 5.89. The third kappa shape index (κ3) is 5.41. The van der Waals surface area contributed by atoms with E-state index in [2.05, 4.69) is 56.4 Å². The third-order valence-electron chi connectivity index (χ3n) is 5.89. The highest BCUT2D eigenvalue weighted by Crippen LogP contribution is 2.26. The average Bonchev–Trinajstić information content (AvgIpc) is 2.71. The fourth-order valence-corrected chi connectivity index (χ4v) is 3.93. The number of hydrogen-bond donors (Lipinski definition) is 1. The quantitative estimate of drug-likeness (QED) is 0.664. The maximum absolute atomic E-state index is 12.8. The first-order valence-electron chi connectivity index (χ1n) is 11.0. The molecule has 0 saturated carbocycles. The Morgan fingerprint density at radius 3 is 2.31 bits per heavy atom. The van der Waals surface area contributed by atoms with Gasteiger partial charge in [-0.3, -0.25) is 4.79 Å². The van der Waals surface area contributed by atoms with E-state index >= 15 is 0 Å². The Morgan fingerprint density at radius 1 is 1.03 bits per heavy atom. The van der Waals surface area contributed by atoms with Gasteiger partial charge in [0.15, 0.2) is 6.10 Å². The van der Waals surface area contributed by atoms with E-state index in [0.29, 0.717) is 6.42 Å². The molecule has 3 nitrogen and oxygen atoms in total. The molecule has 3 heteroatoms. The molecule has 0 saturated heterocycles. The maximum Gasteiger partial charge on any atom is 0.261 e. The largest absolute Gasteiger partial charge is 0.481 e.